The molecular weight excluding hydrogens is 856 g/mol. The fourth-order valence-corrected chi connectivity index (χ4v) is 8.93. The van der Waals surface area contributed by atoms with Crippen molar-refractivity contribution in [1.82, 2.24) is 19.1 Å². The Morgan fingerprint density at radius 1 is 0.697 bits per heavy atom. The van der Waals surface area contributed by atoms with E-state index in [-0.39, 0.29) is 54.3 Å². The van der Waals surface area contributed by atoms with Crippen molar-refractivity contribution in [2.75, 3.05) is 30.5 Å². The van der Waals surface area contributed by atoms with E-state index in [4.69, 9.17) is 15.8 Å². The monoisotopic (exact) mass is 917 g/mol. The number of nitrogens with one attached hydrogen (secondary N) is 2. The second-order valence-corrected chi connectivity index (χ2v) is 16.6. The van der Waals surface area contributed by atoms with Gasteiger partial charge < -0.3 is 23.7 Å². The lowest BCUT2D eigenvalue weighted by atomic mass is 9.86. The van der Waals surface area contributed by atoms with Gasteiger partial charge in [0.05, 0.1) is 53.7 Å². The maximum atomic E-state index is 12.9. The third-order valence-electron chi connectivity index (χ3n) is 12.2. The molecule has 2 aromatic heterocycles. The van der Waals surface area contributed by atoms with E-state index < -0.39 is 0 Å². The van der Waals surface area contributed by atoms with Crippen molar-refractivity contribution in [2.24, 2.45) is 11.8 Å². The number of benzene rings is 4. The molecule has 8 rings (SSSR count). The van der Waals surface area contributed by atoms with E-state index in [0.29, 0.717) is 54.0 Å². The molecule has 0 saturated heterocycles. The van der Waals surface area contributed by atoms with Crippen molar-refractivity contribution in [1.29, 1.82) is 0 Å². The van der Waals surface area contributed by atoms with Crippen LogP contribution in [0.25, 0.3) is 22.1 Å². The SMILES string of the molecule is CCOC(=O)C1CCC(n2c(NC(=O)c3cccc(C)c3)nc3cc(C=O)ccc32)CC1.CCOC(=O)C1CCC(n2c(NC(=O)c3cccc(C)c3)nc3cc(CO)ccc32)CC1.[2H]CP. The summed E-state index contributed by atoms with van der Waals surface area (Å²) in [5.41, 5.74) is 7.58. The Hall–Kier alpha value is -6.24. The zero-order chi connectivity index (χ0) is 48.0. The third-order valence-corrected chi connectivity index (χ3v) is 12.2. The summed E-state index contributed by atoms with van der Waals surface area (Å²) in [4.78, 5) is 70.8. The quantitative estimate of drug-likeness (QED) is 0.0607. The summed E-state index contributed by atoms with van der Waals surface area (Å²) >= 11 is 0. The van der Waals surface area contributed by atoms with Crippen molar-refractivity contribution >= 4 is 73.2 Å². The Kier molecular flexibility index (Phi) is 16.8. The van der Waals surface area contributed by atoms with Crippen LogP contribution in [0.5, 0.6) is 0 Å². The first-order chi connectivity index (χ1) is 32.4. The van der Waals surface area contributed by atoms with Crippen LogP contribution in [0.2, 0.25) is 0 Å². The van der Waals surface area contributed by atoms with E-state index in [0.717, 1.165) is 90.9 Å². The highest BCUT2D eigenvalue weighted by Gasteiger charge is 2.32. The lowest BCUT2D eigenvalue weighted by Gasteiger charge is -2.29. The molecule has 0 spiro atoms. The predicted octanol–water partition coefficient (Wildman–Crippen LogP) is 9.58. The van der Waals surface area contributed by atoms with Gasteiger partial charge in [0.15, 0.2) is 0 Å². The van der Waals surface area contributed by atoms with Crippen LogP contribution in [0.3, 0.4) is 0 Å². The third kappa shape index (κ3) is 11.8. The summed E-state index contributed by atoms with van der Waals surface area (Å²) in [6.45, 7) is 8.66. The van der Waals surface area contributed by atoms with E-state index in [1.165, 1.54) is 0 Å². The van der Waals surface area contributed by atoms with Gasteiger partial charge in [-0.1, -0.05) is 48.1 Å². The normalized spacial score (nSPS) is 18.1. The van der Waals surface area contributed by atoms with E-state index in [9.17, 15) is 29.1 Å². The molecule has 1 unspecified atom stereocenters. The number of nitrogens with zero attached hydrogens (tertiary/aromatic N) is 4. The number of carbonyl (C=O) groups is 5. The van der Waals surface area contributed by atoms with Gasteiger partial charge in [-0.3, -0.25) is 34.6 Å². The van der Waals surface area contributed by atoms with Crippen LogP contribution in [0.4, 0.5) is 11.9 Å². The predicted molar refractivity (Wildman–Crippen MR) is 260 cm³/mol. The number of ether oxygens (including phenoxy) is 2. The number of esters is 2. The minimum absolute atomic E-state index is 0.0710. The summed E-state index contributed by atoms with van der Waals surface area (Å²) < 4.78 is 20.7. The molecule has 2 saturated carbocycles. The first-order valence-corrected chi connectivity index (χ1v) is 23.4. The van der Waals surface area contributed by atoms with E-state index >= 15 is 0 Å². The number of aromatic nitrogens is 4. The minimum atomic E-state index is -0.235. The van der Waals surface area contributed by atoms with Gasteiger partial charge in [0.25, 0.3) is 11.8 Å². The summed E-state index contributed by atoms with van der Waals surface area (Å²) in [6.07, 6.45) is 6.85. The number of amides is 2. The van der Waals surface area contributed by atoms with Crippen LogP contribution < -0.4 is 10.6 Å². The number of aliphatic hydroxyl groups is 1. The topological polar surface area (TPSA) is 184 Å². The van der Waals surface area contributed by atoms with Crippen molar-refractivity contribution < 1.29 is 39.9 Å². The molecular formula is C51H61N6O8P. The standard InChI is InChI=1S/C25H29N3O4.C25H27N3O4.CH5P/c2*1-3-32-24(31)18-8-10-20(11-9-18)28-22-12-7-17(15-29)14-21(22)26-25(28)27-23(30)19-6-4-5-16(2)13-19;1-2/h4-7,12-14,18,20,29H,3,8-11,15H2,1-2H3,(H,26,27,30);4-7,12-15,18,20H,3,8-11H2,1-2H3,(H,26,27,30);2H2,1H3/i;;1D. The highest BCUT2D eigenvalue weighted by atomic mass is 31.0. The van der Waals surface area contributed by atoms with Crippen LogP contribution >= 0.6 is 9.24 Å². The number of carbonyl (C=O) groups excluding carboxylic acids is 5. The molecule has 2 aliphatic carbocycles. The molecule has 3 N–H and O–H groups in total. The van der Waals surface area contributed by atoms with E-state index in [2.05, 4.69) is 29.4 Å². The summed E-state index contributed by atoms with van der Waals surface area (Å²) in [6, 6.07) is 26.0. The van der Waals surface area contributed by atoms with Crippen LogP contribution in [0.1, 0.15) is 126 Å². The number of aliphatic hydroxyl groups excluding tert-OH is 1. The molecule has 0 aliphatic heterocycles. The fraction of sp³-hybridized carbons (Fsp3) is 0.392. The molecule has 2 aliphatic rings. The Labute approximate surface area is 389 Å². The van der Waals surface area contributed by atoms with Gasteiger partial charge in [0.1, 0.15) is 6.29 Å². The fourth-order valence-electron chi connectivity index (χ4n) is 8.93. The molecule has 0 radical (unpaired) electrons. The molecule has 2 amide bonds. The van der Waals surface area contributed by atoms with Crippen LogP contribution in [0.15, 0.2) is 84.9 Å². The number of rotatable bonds is 12. The van der Waals surface area contributed by atoms with Crippen molar-refractivity contribution in [3.05, 3.63) is 118 Å². The molecule has 348 valence electrons. The Balaban J connectivity index is 0.000000209. The maximum Gasteiger partial charge on any atom is 0.308 e. The van der Waals surface area contributed by atoms with E-state index in [1.54, 1.807) is 24.3 Å². The minimum Gasteiger partial charge on any atom is -0.466 e. The zero-order valence-electron chi connectivity index (χ0n) is 39.1. The van der Waals surface area contributed by atoms with Gasteiger partial charge in [0, 0.05) is 30.1 Å². The van der Waals surface area contributed by atoms with E-state index in [1.807, 2.05) is 92.9 Å². The van der Waals surface area contributed by atoms with Gasteiger partial charge in [-0.2, -0.15) is 0 Å². The highest BCUT2D eigenvalue weighted by molar-refractivity contribution is 7.15. The molecule has 0 bridgehead atoms. The molecule has 6 aromatic rings. The number of imidazole rings is 2. The first-order valence-electron chi connectivity index (χ1n) is 23.3. The molecule has 15 heteroatoms. The Bertz CT molecular complexity index is 2680. The number of anilines is 2. The summed E-state index contributed by atoms with van der Waals surface area (Å²) in [7, 11) is 2.25. The van der Waals surface area contributed by atoms with Crippen molar-refractivity contribution in [3.8, 4) is 0 Å². The molecule has 4 aromatic carbocycles. The highest BCUT2D eigenvalue weighted by Crippen LogP contribution is 2.39. The zero-order valence-corrected chi connectivity index (χ0v) is 39.3. The smallest absolute Gasteiger partial charge is 0.308 e. The van der Waals surface area contributed by atoms with Crippen LogP contribution in [-0.4, -0.2) is 74.1 Å². The first kappa shape index (κ1) is 47.7. The van der Waals surface area contributed by atoms with Gasteiger partial charge in [0.2, 0.25) is 11.9 Å². The average Bonchev–Trinajstić information content (AvgIpc) is 3.88. The second-order valence-electron chi connectivity index (χ2n) is 16.6. The van der Waals surface area contributed by atoms with Gasteiger partial charge >= 0.3 is 11.9 Å². The molecule has 2 heterocycles. The largest absolute Gasteiger partial charge is 0.466 e. The number of fused-ring (bicyclic) bond motifs is 2. The number of aryl methyl sites for hydroxylation is 2. The lowest BCUT2D eigenvalue weighted by molar-refractivity contribution is -0.150. The molecule has 14 nitrogen and oxygen atoms in total. The molecule has 66 heavy (non-hydrogen) atoms. The summed E-state index contributed by atoms with van der Waals surface area (Å²) in [5.74, 6) is 0.0663. The van der Waals surface area contributed by atoms with Crippen LogP contribution in [-0.2, 0) is 25.7 Å². The lowest BCUT2D eigenvalue weighted by Crippen LogP contribution is -2.26. The van der Waals surface area contributed by atoms with Gasteiger partial charge in [-0.15, -0.1) is 9.24 Å². The molecule has 2 fully saturated rings. The van der Waals surface area contributed by atoms with Crippen molar-refractivity contribution in [3.63, 3.8) is 0 Å². The van der Waals surface area contributed by atoms with Gasteiger partial charge in [-0.05, 0) is 139 Å². The van der Waals surface area contributed by atoms with Crippen LogP contribution in [0, 0.1) is 25.7 Å². The average molecular weight is 918 g/mol. The number of hydrogen-bond donors (Lipinski definition) is 3. The summed E-state index contributed by atoms with van der Waals surface area (Å²) in [5, 5.41) is 15.5. The number of hydrogen-bond acceptors (Lipinski definition) is 10. The van der Waals surface area contributed by atoms with Crippen molar-refractivity contribution in [2.45, 2.75) is 97.8 Å². The Morgan fingerprint density at radius 2 is 1.14 bits per heavy atom. The molecule has 1 atom stereocenters. The number of aldehydes is 1. The second kappa shape index (κ2) is 23.3. The van der Waals surface area contributed by atoms with Gasteiger partial charge in [-0.25, -0.2) is 9.97 Å². The Morgan fingerprint density at radius 3 is 1.55 bits per heavy atom. The maximum absolute atomic E-state index is 12.9.